The predicted octanol–water partition coefficient (Wildman–Crippen LogP) is 5.48. The van der Waals surface area contributed by atoms with Crippen LogP contribution in [0.3, 0.4) is 0 Å². The number of hydrogen-bond acceptors (Lipinski definition) is 6. The second-order valence-corrected chi connectivity index (χ2v) is 9.03. The van der Waals surface area contributed by atoms with Crippen molar-refractivity contribution in [2.24, 2.45) is 0 Å². The summed E-state index contributed by atoms with van der Waals surface area (Å²) >= 11 is 1.62. The van der Waals surface area contributed by atoms with Crippen LogP contribution in [-0.2, 0) is 4.74 Å². The monoisotopic (exact) mass is 492 g/mol. The van der Waals surface area contributed by atoms with Gasteiger partial charge >= 0.3 is 0 Å². The summed E-state index contributed by atoms with van der Waals surface area (Å²) in [5.74, 6) is 1.05. The van der Waals surface area contributed by atoms with Gasteiger partial charge in [-0.3, -0.25) is 9.59 Å². The SMILES string of the molecule is COc1cc(NC(=O)c2ccccc2SCC2CCCO2)c(OC)cc1NC(=O)c1ccccc1. The quantitative estimate of drug-likeness (QED) is 0.385. The largest absolute Gasteiger partial charge is 0.494 e. The van der Waals surface area contributed by atoms with Gasteiger partial charge in [0.1, 0.15) is 11.5 Å². The molecule has 0 spiro atoms. The minimum atomic E-state index is -0.278. The summed E-state index contributed by atoms with van der Waals surface area (Å²) < 4.78 is 16.7. The molecule has 8 heteroatoms. The fourth-order valence-electron chi connectivity index (χ4n) is 3.81. The highest BCUT2D eigenvalue weighted by Crippen LogP contribution is 2.37. The van der Waals surface area contributed by atoms with Crippen LogP contribution in [-0.4, -0.2) is 44.5 Å². The number of thioether (sulfide) groups is 1. The average molecular weight is 493 g/mol. The van der Waals surface area contributed by atoms with E-state index >= 15 is 0 Å². The molecule has 1 heterocycles. The minimum Gasteiger partial charge on any atom is -0.494 e. The van der Waals surface area contributed by atoms with Crippen LogP contribution < -0.4 is 20.1 Å². The second kappa shape index (κ2) is 11.8. The van der Waals surface area contributed by atoms with Crippen molar-refractivity contribution in [2.75, 3.05) is 37.2 Å². The standard InChI is InChI=1S/C27H28N2O5S/c1-32-23-16-22(24(33-2)15-21(23)28-26(30)18-9-4-3-5-10-18)29-27(31)20-12-6-7-13-25(20)35-17-19-11-8-14-34-19/h3-7,9-10,12-13,15-16,19H,8,11,14,17H2,1-2H3,(H,28,30)(H,29,31). The van der Waals surface area contributed by atoms with Crippen LogP contribution in [0.1, 0.15) is 33.6 Å². The van der Waals surface area contributed by atoms with Crippen LogP contribution in [0, 0.1) is 0 Å². The van der Waals surface area contributed by atoms with Gasteiger partial charge in [0.25, 0.3) is 11.8 Å². The first-order valence-corrected chi connectivity index (χ1v) is 12.3. The molecule has 0 radical (unpaired) electrons. The zero-order valence-electron chi connectivity index (χ0n) is 19.7. The van der Waals surface area contributed by atoms with E-state index in [9.17, 15) is 9.59 Å². The zero-order valence-corrected chi connectivity index (χ0v) is 20.5. The van der Waals surface area contributed by atoms with Crippen molar-refractivity contribution >= 4 is 35.0 Å². The van der Waals surface area contributed by atoms with Gasteiger partial charge in [-0.05, 0) is 37.1 Å². The van der Waals surface area contributed by atoms with Crippen LogP contribution in [0.4, 0.5) is 11.4 Å². The predicted molar refractivity (Wildman–Crippen MR) is 138 cm³/mol. The third kappa shape index (κ3) is 6.15. The molecule has 1 saturated heterocycles. The van der Waals surface area contributed by atoms with Gasteiger partial charge < -0.3 is 24.8 Å². The van der Waals surface area contributed by atoms with Gasteiger partial charge in [0, 0.05) is 35.0 Å². The van der Waals surface area contributed by atoms with Gasteiger partial charge in [-0.2, -0.15) is 0 Å². The van der Waals surface area contributed by atoms with E-state index in [0.29, 0.717) is 34.0 Å². The Morgan fingerprint density at radius 1 is 0.914 bits per heavy atom. The van der Waals surface area contributed by atoms with Crippen LogP contribution >= 0.6 is 11.8 Å². The number of carbonyl (C=O) groups excluding carboxylic acids is 2. The minimum absolute atomic E-state index is 0.221. The number of anilines is 2. The zero-order chi connectivity index (χ0) is 24.6. The summed E-state index contributed by atoms with van der Waals surface area (Å²) in [6.07, 6.45) is 2.35. The molecule has 0 bridgehead atoms. The molecule has 1 fully saturated rings. The lowest BCUT2D eigenvalue weighted by atomic mass is 10.1. The Labute approximate surface area is 209 Å². The normalized spacial score (nSPS) is 14.9. The fourth-order valence-corrected chi connectivity index (χ4v) is 4.92. The number of ether oxygens (including phenoxy) is 3. The number of benzene rings is 3. The van der Waals surface area contributed by atoms with Crippen molar-refractivity contribution in [2.45, 2.75) is 23.8 Å². The van der Waals surface area contributed by atoms with Crippen molar-refractivity contribution in [3.05, 3.63) is 77.9 Å². The molecule has 7 nitrogen and oxygen atoms in total. The van der Waals surface area contributed by atoms with E-state index in [1.807, 2.05) is 24.3 Å². The summed E-state index contributed by atoms with van der Waals surface area (Å²) in [5.41, 5.74) is 1.95. The molecule has 1 atom stereocenters. The number of methoxy groups -OCH3 is 2. The van der Waals surface area contributed by atoms with Gasteiger partial charge in [0.05, 0.1) is 37.3 Å². The van der Waals surface area contributed by atoms with E-state index in [2.05, 4.69) is 10.6 Å². The molecule has 1 aliphatic heterocycles. The molecular weight excluding hydrogens is 464 g/mol. The van der Waals surface area contributed by atoms with E-state index in [1.54, 1.807) is 54.2 Å². The topological polar surface area (TPSA) is 85.9 Å². The molecule has 35 heavy (non-hydrogen) atoms. The first kappa shape index (κ1) is 24.6. The number of amides is 2. The molecule has 0 aliphatic carbocycles. The Morgan fingerprint density at radius 2 is 1.54 bits per heavy atom. The summed E-state index contributed by atoms with van der Waals surface area (Å²) in [4.78, 5) is 26.7. The molecule has 0 saturated carbocycles. The third-order valence-electron chi connectivity index (χ3n) is 5.63. The van der Waals surface area contributed by atoms with Crippen molar-refractivity contribution in [3.63, 3.8) is 0 Å². The summed E-state index contributed by atoms with van der Waals surface area (Å²) in [6.45, 7) is 0.802. The number of carbonyl (C=O) groups is 2. The summed E-state index contributed by atoms with van der Waals surface area (Å²) in [5, 5.41) is 5.78. The molecule has 1 unspecified atom stereocenters. The van der Waals surface area contributed by atoms with E-state index in [1.165, 1.54) is 14.2 Å². The van der Waals surface area contributed by atoms with Crippen molar-refractivity contribution in [1.29, 1.82) is 0 Å². The van der Waals surface area contributed by atoms with Crippen LogP contribution in [0.2, 0.25) is 0 Å². The van der Waals surface area contributed by atoms with Gasteiger partial charge in [-0.15, -0.1) is 11.8 Å². The molecule has 4 rings (SSSR count). The Morgan fingerprint density at radius 3 is 2.17 bits per heavy atom. The summed E-state index contributed by atoms with van der Waals surface area (Å²) in [6, 6.07) is 19.6. The highest BCUT2D eigenvalue weighted by Gasteiger charge is 2.20. The molecule has 3 aromatic rings. The van der Waals surface area contributed by atoms with Gasteiger partial charge in [-0.25, -0.2) is 0 Å². The Balaban J connectivity index is 1.53. The smallest absolute Gasteiger partial charge is 0.256 e. The van der Waals surface area contributed by atoms with E-state index in [4.69, 9.17) is 14.2 Å². The highest BCUT2D eigenvalue weighted by molar-refractivity contribution is 7.99. The highest BCUT2D eigenvalue weighted by atomic mass is 32.2. The van der Waals surface area contributed by atoms with Crippen LogP contribution in [0.5, 0.6) is 11.5 Å². The van der Waals surface area contributed by atoms with Crippen molar-refractivity contribution < 1.29 is 23.8 Å². The maximum absolute atomic E-state index is 13.2. The molecule has 0 aromatic heterocycles. The number of rotatable bonds is 9. The van der Waals surface area contributed by atoms with E-state index in [0.717, 1.165) is 30.1 Å². The van der Waals surface area contributed by atoms with Crippen LogP contribution in [0.25, 0.3) is 0 Å². The molecule has 182 valence electrons. The molecule has 2 amide bonds. The van der Waals surface area contributed by atoms with Crippen molar-refractivity contribution in [1.82, 2.24) is 0 Å². The lowest BCUT2D eigenvalue weighted by Gasteiger charge is -2.17. The third-order valence-corrected chi connectivity index (χ3v) is 6.84. The Hall–Kier alpha value is -3.49. The second-order valence-electron chi connectivity index (χ2n) is 7.97. The number of hydrogen-bond donors (Lipinski definition) is 2. The molecule has 2 N–H and O–H groups in total. The van der Waals surface area contributed by atoms with Gasteiger partial charge in [-0.1, -0.05) is 30.3 Å². The first-order chi connectivity index (χ1) is 17.1. The number of nitrogens with one attached hydrogen (secondary N) is 2. The van der Waals surface area contributed by atoms with E-state index in [-0.39, 0.29) is 17.9 Å². The fraction of sp³-hybridized carbons (Fsp3) is 0.259. The maximum Gasteiger partial charge on any atom is 0.256 e. The van der Waals surface area contributed by atoms with Crippen molar-refractivity contribution in [3.8, 4) is 11.5 Å². The first-order valence-electron chi connectivity index (χ1n) is 11.4. The van der Waals surface area contributed by atoms with Crippen LogP contribution in [0.15, 0.2) is 71.6 Å². The van der Waals surface area contributed by atoms with E-state index < -0.39 is 0 Å². The average Bonchev–Trinajstić information content (AvgIpc) is 3.42. The van der Waals surface area contributed by atoms with Gasteiger partial charge in [0.2, 0.25) is 0 Å². The van der Waals surface area contributed by atoms with Gasteiger partial charge in [0.15, 0.2) is 0 Å². The Bertz CT molecular complexity index is 1180. The lowest BCUT2D eigenvalue weighted by Crippen LogP contribution is -2.16. The maximum atomic E-state index is 13.2. The molecule has 1 aliphatic rings. The lowest BCUT2D eigenvalue weighted by molar-refractivity contribution is 0.101. The molecular formula is C27H28N2O5S. The summed E-state index contributed by atoms with van der Waals surface area (Å²) in [7, 11) is 3.01. The molecule has 3 aromatic carbocycles. The Kier molecular flexibility index (Phi) is 8.28.